The quantitative estimate of drug-likeness (QED) is 0.866. The lowest BCUT2D eigenvalue weighted by Gasteiger charge is -2.48. The van der Waals surface area contributed by atoms with Gasteiger partial charge in [0.05, 0.1) is 0 Å². The molecule has 1 heterocycles. The molecule has 1 aliphatic heterocycles. The van der Waals surface area contributed by atoms with Gasteiger partial charge in [-0.3, -0.25) is 9.59 Å². The highest BCUT2D eigenvalue weighted by atomic mass is 16.2. The number of carbonyl (C=O) groups excluding carboxylic acids is 2. The van der Waals surface area contributed by atoms with Gasteiger partial charge in [0.1, 0.15) is 11.6 Å². The molecule has 1 N–H and O–H groups in total. The predicted molar refractivity (Wildman–Crippen MR) is 83.8 cm³/mol. The third-order valence-corrected chi connectivity index (χ3v) is 5.61. The molecule has 120 valence electrons. The van der Waals surface area contributed by atoms with Crippen LogP contribution in [0, 0.1) is 5.92 Å². The molecule has 4 heteroatoms. The van der Waals surface area contributed by atoms with Crippen molar-refractivity contribution in [1.29, 1.82) is 0 Å². The molecule has 2 amide bonds. The van der Waals surface area contributed by atoms with Gasteiger partial charge in [-0.05, 0) is 45.4 Å². The molecular weight excluding hydrogens is 264 g/mol. The van der Waals surface area contributed by atoms with E-state index in [0.29, 0.717) is 18.8 Å². The van der Waals surface area contributed by atoms with Crippen LogP contribution < -0.4 is 5.32 Å². The van der Waals surface area contributed by atoms with Crippen LogP contribution in [0.1, 0.15) is 72.6 Å². The number of hydrogen-bond acceptors (Lipinski definition) is 2. The summed E-state index contributed by atoms with van der Waals surface area (Å²) >= 11 is 0. The van der Waals surface area contributed by atoms with E-state index < -0.39 is 5.54 Å². The topological polar surface area (TPSA) is 49.4 Å². The minimum Gasteiger partial charge on any atom is -0.340 e. The SMILES string of the molecule is CCC1C(=O)NC(C)(CC)C(=O)N1C(C)C1CCCCC1. The monoisotopic (exact) mass is 294 g/mol. The number of rotatable bonds is 4. The number of piperazine rings is 1. The van der Waals surface area contributed by atoms with Crippen molar-refractivity contribution in [3.8, 4) is 0 Å². The van der Waals surface area contributed by atoms with Gasteiger partial charge in [-0.15, -0.1) is 0 Å². The first-order chi connectivity index (χ1) is 9.94. The molecule has 2 fully saturated rings. The van der Waals surface area contributed by atoms with E-state index in [0.717, 1.165) is 0 Å². The molecule has 2 aliphatic rings. The Morgan fingerprint density at radius 1 is 1.24 bits per heavy atom. The molecule has 1 aliphatic carbocycles. The molecule has 0 aromatic heterocycles. The first kappa shape index (κ1) is 16.3. The second-order valence-electron chi connectivity index (χ2n) is 6.95. The van der Waals surface area contributed by atoms with Crippen LogP contribution in [0.3, 0.4) is 0 Å². The fourth-order valence-corrected chi connectivity index (χ4v) is 3.90. The minimum atomic E-state index is -0.730. The minimum absolute atomic E-state index is 0.0177. The van der Waals surface area contributed by atoms with Crippen LogP contribution in [0.2, 0.25) is 0 Å². The molecule has 0 radical (unpaired) electrons. The van der Waals surface area contributed by atoms with E-state index in [1.165, 1.54) is 32.1 Å². The van der Waals surface area contributed by atoms with Crippen LogP contribution in [-0.2, 0) is 9.59 Å². The highest BCUT2D eigenvalue weighted by Crippen LogP contribution is 2.33. The van der Waals surface area contributed by atoms with Crippen molar-refractivity contribution in [2.75, 3.05) is 0 Å². The summed E-state index contributed by atoms with van der Waals surface area (Å²) in [6.45, 7) is 7.96. The normalized spacial score (nSPS) is 33.0. The summed E-state index contributed by atoms with van der Waals surface area (Å²) < 4.78 is 0. The zero-order chi connectivity index (χ0) is 15.6. The average Bonchev–Trinajstić information content (AvgIpc) is 2.50. The van der Waals surface area contributed by atoms with Crippen LogP contribution >= 0.6 is 0 Å². The Kier molecular flexibility index (Phi) is 4.95. The molecule has 1 saturated carbocycles. The standard InChI is InChI=1S/C17H30N2O2/c1-5-14-15(20)18-17(4,6-2)16(21)19(14)12(3)13-10-8-7-9-11-13/h12-14H,5-11H2,1-4H3,(H,18,20). The van der Waals surface area contributed by atoms with Gasteiger partial charge in [0.25, 0.3) is 0 Å². The molecule has 3 atom stereocenters. The van der Waals surface area contributed by atoms with E-state index >= 15 is 0 Å². The zero-order valence-corrected chi connectivity index (χ0v) is 13.9. The van der Waals surface area contributed by atoms with Crippen molar-refractivity contribution in [3.63, 3.8) is 0 Å². The lowest BCUT2D eigenvalue weighted by molar-refractivity contribution is -0.158. The molecule has 3 unspecified atom stereocenters. The highest BCUT2D eigenvalue weighted by molar-refractivity contribution is 5.99. The second-order valence-corrected chi connectivity index (χ2v) is 6.95. The molecule has 0 aromatic carbocycles. The fraction of sp³-hybridized carbons (Fsp3) is 0.882. The molecule has 21 heavy (non-hydrogen) atoms. The molecule has 0 aromatic rings. The van der Waals surface area contributed by atoms with Crippen LogP contribution in [0.4, 0.5) is 0 Å². The summed E-state index contributed by atoms with van der Waals surface area (Å²) in [5.74, 6) is 0.669. The first-order valence-corrected chi connectivity index (χ1v) is 8.59. The average molecular weight is 294 g/mol. The van der Waals surface area contributed by atoms with Crippen molar-refractivity contribution in [2.24, 2.45) is 5.92 Å². The lowest BCUT2D eigenvalue weighted by Crippen LogP contribution is -2.71. The number of hydrogen-bond donors (Lipinski definition) is 1. The molecule has 0 bridgehead atoms. The van der Waals surface area contributed by atoms with E-state index in [9.17, 15) is 9.59 Å². The van der Waals surface area contributed by atoms with Gasteiger partial charge in [-0.1, -0.05) is 33.1 Å². The zero-order valence-electron chi connectivity index (χ0n) is 13.9. The van der Waals surface area contributed by atoms with E-state index in [1.807, 2.05) is 25.7 Å². The van der Waals surface area contributed by atoms with Crippen molar-refractivity contribution < 1.29 is 9.59 Å². The van der Waals surface area contributed by atoms with E-state index in [1.54, 1.807) is 0 Å². The van der Waals surface area contributed by atoms with Crippen molar-refractivity contribution in [2.45, 2.75) is 90.3 Å². The molecule has 4 nitrogen and oxygen atoms in total. The lowest BCUT2D eigenvalue weighted by atomic mass is 9.81. The summed E-state index contributed by atoms with van der Waals surface area (Å²) in [4.78, 5) is 27.3. The van der Waals surface area contributed by atoms with Crippen LogP contribution in [-0.4, -0.2) is 34.3 Å². The maximum Gasteiger partial charge on any atom is 0.248 e. The number of nitrogens with zero attached hydrogens (tertiary/aromatic N) is 1. The van der Waals surface area contributed by atoms with Crippen molar-refractivity contribution >= 4 is 11.8 Å². The van der Waals surface area contributed by atoms with E-state index in [2.05, 4.69) is 12.2 Å². The molecule has 1 saturated heterocycles. The third kappa shape index (κ3) is 2.95. The number of nitrogens with one attached hydrogen (secondary N) is 1. The van der Waals surface area contributed by atoms with Crippen LogP contribution in [0.5, 0.6) is 0 Å². The second kappa shape index (κ2) is 6.37. The number of amides is 2. The van der Waals surface area contributed by atoms with E-state index in [-0.39, 0.29) is 23.9 Å². The van der Waals surface area contributed by atoms with E-state index in [4.69, 9.17) is 0 Å². The summed E-state index contributed by atoms with van der Waals surface area (Å²) in [7, 11) is 0. The molecular formula is C17H30N2O2. The highest BCUT2D eigenvalue weighted by Gasteiger charge is 2.48. The Balaban J connectivity index is 2.26. The largest absolute Gasteiger partial charge is 0.340 e. The van der Waals surface area contributed by atoms with Gasteiger partial charge in [0.2, 0.25) is 11.8 Å². The summed E-state index contributed by atoms with van der Waals surface area (Å²) in [6, 6.07) is -0.131. The Bertz CT molecular complexity index is 404. The van der Waals surface area contributed by atoms with Crippen molar-refractivity contribution in [1.82, 2.24) is 10.2 Å². The van der Waals surface area contributed by atoms with Crippen LogP contribution in [0.25, 0.3) is 0 Å². The smallest absolute Gasteiger partial charge is 0.248 e. The van der Waals surface area contributed by atoms with Crippen molar-refractivity contribution in [3.05, 3.63) is 0 Å². The Morgan fingerprint density at radius 2 is 1.86 bits per heavy atom. The maximum atomic E-state index is 13.0. The molecule has 0 spiro atoms. The predicted octanol–water partition coefficient (Wildman–Crippen LogP) is 2.86. The summed E-state index contributed by atoms with van der Waals surface area (Å²) in [5, 5.41) is 2.95. The summed E-state index contributed by atoms with van der Waals surface area (Å²) in [6.07, 6.45) is 7.52. The van der Waals surface area contributed by atoms with Gasteiger partial charge in [0.15, 0.2) is 0 Å². The van der Waals surface area contributed by atoms with Gasteiger partial charge >= 0.3 is 0 Å². The van der Waals surface area contributed by atoms with Gasteiger partial charge in [-0.2, -0.15) is 0 Å². The third-order valence-electron chi connectivity index (χ3n) is 5.61. The Hall–Kier alpha value is -1.06. The van der Waals surface area contributed by atoms with Gasteiger partial charge in [0, 0.05) is 6.04 Å². The Morgan fingerprint density at radius 3 is 2.38 bits per heavy atom. The first-order valence-electron chi connectivity index (χ1n) is 8.59. The van der Waals surface area contributed by atoms with Gasteiger partial charge in [-0.25, -0.2) is 0 Å². The Labute approximate surface area is 128 Å². The number of carbonyl (C=O) groups is 2. The molecule has 2 rings (SSSR count). The fourth-order valence-electron chi connectivity index (χ4n) is 3.90. The maximum absolute atomic E-state index is 13.0. The van der Waals surface area contributed by atoms with Crippen LogP contribution in [0.15, 0.2) is 0 Å². The summed E-state index contributed by atoms with van der Waals surface area (Å²) in [5.41, 5.74) is -0.730. The van der Waals surface area contributed by atoms with Gasteiger partial charge < -0.3 is 10.2 Å².